The van der Waals surface area contributed by atoms with Gasteiger partial charge in [0.25, 0.3) is 5.91 Å². The molecule has 1 saturated heterocycles. The van der Waals surface area contributed by atoms with Crippen LogP contribution in [0.5, 0.6) is 0 Å². The molecule has 2 saturated carbocycles. The zero-order chi connectivity index (χ0) is 28.0. The van der Waals surface area contributed by atoms with Crippen molar-refractivity contribution in [3.8, 4) is 0 Å². The number of likely N-dealkylation sites (tertiary alicyclic amines) is 1. The quantitative estimate of drug-likeness (QED) is 0.519. The van der Waals surface area contributed by atoms with E-state index in [4.69, 9.17) is 16.6 Å². The number of nitrogens with one attached hydrogen (secondary N) is 2. The van der Waals surface area contributed by atoms with Gasteiger partial charge in [0, 0.05) is 38.8 Å². The molecule has 40 heavy (non-hydrogen) atoms. The van der Waals surface area contributed by atoms with Crippen LogP contribution in [0.3, 0.4) is 0 Å². The number of anilines is 4. The summed E-state index contributed by atoms with van der Waals surface area (Å²) in [5.74, 6) is -0.0374. The predicted molar refractivity (Wildman–Crippen MR) is 154 cm³/mol. The zero-order valence-electron chi connectivity index (χ0n) is 23.2. The first kappa shape index (κ1) is 27.2. The van der Waals surface area contributed by atoms with Gasteiger partial charge in [-0.3, -0.25) is 9.59 Å². The highest BCUT2D eigenvalue weighted by Gasteiger charge is 2.55. The Morgan fingerprint density at radius 1 is 1.18 bits per heavy atom. The lowest BCUT2D eigenvalue weighted by molar-refractivity contribution is -0.122. The molecule has 0 bridgehead atoms. The monoisotopic (exact) mass is 569 g/mol. The van der Waals surface area contributed by atoms with E-state index in [1.165, 1.54) is 12.1 Å². The summed E-state index contributed by atoms with van der Waals surface area (Å²) >= 11 is 6.53. The fraction of sp³-hybridized carbons (Fsp3) is 0.586. The van der Waals surface area contributed by atoms with Crippen LogP contribution in [0, 0.1) is 11.2 Å². The van der Waals surface area contributed by atoms with E-state index in [0.29, 0.717) is 24.1 Å². The summed E-state index contributed by atoms with van der Waals surface area (Å²) in [6, 6.07) is 2.91. The Hall–Kier alpha value is -2.98. The highest BCUT2D eigenvalue weighted by atomic mass is 35.5. The molecule has 3 fully saturated rings. The topological polar surface area (TPSA) is 93.7 Å². The molecule has 6 rings (SSSR count). The van der Waals surface area contributed by atoms with Gasteiger partial charge in [-0.05, 0) is 57.2 Å². The summed E-state index contributed by atoms with van der Waals surface area (Å²) in [5, 5.41) is 6.21. The van der Waals surface area contributed by atoms with Gasteiger partial charge in [-0.15, -0.1) is 0 Å². The van der Waals surface area contributed by atoms with Crippen LogP contribution >= 0.6 is 11.6 Å². The molecule has 0 unspecified atom stereocenters. The summed E-state index contributed by atoms with van der Waals surface area (Å²) < 4.78 is 15.2. The van der Waals surface area contributed by atoms with E-state index in [-0.39, 0.29) is 39.6 Å². The summed E-state index contributed by atoms with van der Waals surface area (Å²) in [5.41, 5.74) is 0.525. The fourth-order valence-corrected chi connectivity index (χ4v) is 6.65. The van der Waals surface area contributed by atoms with Crippen molar-refractivity contribution in [3.05, 3.63) is 34.7 Å². The minimum Gasteiger partial charge on any atom is -0.351 e. The van der Waals surface area contributed by atoms with Gasteiger partial charge in [0.15, 0.2) is 5.82 Å². The molecule has 2 N–H and O–H groups in total. The maximum absolute atomic E-state index is 15.2. The van der Waals surface area contributed by atoms with E-state index in [2.05, 4.69) is 32.3 Å². The van der Waals surface area contributed by atoms with Crippen LogP contribution in [0.25, 0.3) is 0 Å². The zero-order valence-corrected chi connectivity index (χ0v) is 23.9. The lowest BCUT2D eigenvalue weighted by atomic mass is 10.0. The van der Waals surface area contributed by atoms with Crippen LogP contribution in [0.15, 0.2) is 18.3 Å². The highest BCUT2D eigenvalue weighted by molar-refractivity contribution is 6.33. The van der Waals surface area contributed by atoms with Crippen molar-refractivity contribution in [3.63, 3.8) is 0 Å². The standard InChI is InChI=1S/C29H37ClFN7O2/c1-3-37-12-8-18(9-13-37)33-26(39)20-14-21(30)23(15-22(20)31)34-28-32-16-24-25(35-28)38(19-6-4-5-7-19)17-29(10-11-29)27(40)36(24)2/h14-16,18-19H,3-13,17H2,1-2H3,(H,33,39)(H,32,34,35). The third-order valence-electron chi connectivity index (χ3n) is 9.15. The van der Waals surface area contributed by atoms with Gasteiger partial charge in [-0.2, -0.15) is 4.98 Å². The van der Waals surface area contributed by atoms with Gasteiger partial charge in [-0.1, -0.05) is 31.4 Å². The third kappa shape index (κ3) is 5.11. The first-order valence-corrected chi connectivity index (χ1v) is 14.9. The Labute approximate surface area is 239 Å². The minimum atomic E-state index is -0.668. The maximum atomic E-state index is 15.2. The van der Waals surface area contributed by atoms with E-state index in [1.807, 2.05) is 0 Å². The van der Waals surface area contributed by atoms with Crippen LogP contribution in [0.2, 0.25) is 5.02 Å². The SMILES string of the molecule is CCN1CCC(NC(=O)c2cc(Cl)c(Nc3ncc4c(n3)N(C3CCCC3)CC3(CC3)C(=O)N4C)cc2F)CC1. The second-order valence-corrected chi connectivity index (χ2v) is 12.1. The molecule has 0 radical (unpaired) electrons. The number of halogens is 2. The molecule has 2 amide bonds. The Balaban J connectivity index is 1.23. The van der Waals surface area contributed by atoms with E-state index in [1.54, 1.807) is 18.1 Å². The summed E-state index contributed by atoms with van der Waals surface area (Å²) in [6.07, 6.45) is 9.57. The molecule has 4 aliphatic rings. The van der Waals surface area contributed by atoms with Crippen LogP contribution < -0.4 is 20.4 Å². The number of hydrogen-bond acceptors (Lipinski definition) is 7. The number of amides is 2. The summed E-state index contributed by atoms with van der Waals surface area (Å²) in [7, 11) is 1.79. The van der Waals surface area contributed by atoms with Gasteiger partial charge in [0.05, 0.1) is 27.9 Å². The Bertz CT molecular complexity index is 1310. The normalized spacial score (nSPS) is 21.4. The van der Waals surface area contributed by atoms with Crippen molar-refractivity contribution in [2.45, 2.75) is 70.4 Å². The Morgan fingerprint density at radius 3 is 2.58 bits per heavy atom. The Morgan fingerprint density at radius 2 is 1.90 bits per heavy atom. The molecule has 11 heteroatoms. The Kier molecular flexibility index (Phi) is 7.33. The van der Waals surface area contributed by atoms with Gasteiger partial charge in [-0.25, -0.2) is 9.37 Å². The molecule has 214 valence electrons. The van der Waals surface area contributed by atoms with Crippen LogP contribution in [-0.4, -0.2) is 72.0 Å². The number of nitrogens with zero attached hydrogens (tertiary/aromatic N) is 5. The first-order valence-electron chi connectivity index (χ1n) is 14.5. The van der Waals surface area contributed by atoms with Crippen molar-refractivity contribution in [1.82, 2.24) is 20.2 Å². The van der Waals surface area contributed by atoms with Gasteiger partial charge in [0.2, 0.25) is 11.9 Å². The van der Waals surface area contributed by atoms with Crippen molar-refractivity contribution < 1.29 is 14.0 Å². The van der Waals surface area contributed by atoms with Crippen molar-refractivity contribution in [1.29, 1.82) is 0 Å². The minimum absolute atomic E-state index is 0.0156. The molecule has 0 atom stereocenters. The van der Waals surface area contributed by atoms with E-state index in [9.17, 15) is 9.59 Å². The van der Waals surface area contributed by atoms with E-state index >= 15 is 4.39 Å². The fourth-order valence-electron chi connectivity index (χ4n) is 6.44. The second-order valence-electron chi connectivity index (χ2n) is 11.7. The molecular formula is C29H37ClFN7O2. The number of hydrogen-bond donors (Lipinski definition) is 2. The molecule has 3 heterocycles. The van der Waals surface area contributed by atoms with Gasteiger partial charge in [0.1, 0.15) is 11.5 Å². The smallest absolute Gasteiger partial charge is 0.254 e. The number of carbonyl (C=O) groups is 2. The molecule has 2 aliphatic carbocycles. The molecule has 1 spiro atoms. The van der Waals surface area contributed by atoms with Crippen molar-refractivity contribution in [2.24, 2.45) is 5.41 Å². The molecule has 2 aromatic rings. The summed E-state index contributed by atoms with van der Waals surface area (Å²) in [4.78, 5) is 41.8. The van der Waals surface area contributed by atoms with Gasteiger partial charge >= 0.3 is 0 Å². The number of rotatable bonds is 6. The highest BCUT2D eigenvalue weighted by Crippen LogP contribution is 2.52. The molecule has 2 aliphatic heterocycles. The van der Waals surface area contributed by atoms with Crippen LogP contribution in [0.1, 0.15) is 68.6 Å². The lowest BCUT2D eigenvalue weighted by Gasteiger charge is -2.31. The largest absolute Gasteiger partial charge is 0.351 e. The predicted octanol–water partition coefficient (Wildman–Crippen LogP) is 4.73. The number of fused-ring (bicyclic) bond motifs is 1. The van der Waals surface area contributed by atoms with Crippen LogP contribution in [-0.2, 0) is 4.79 Å². The molecule has 1 aromatic carbocycles. The molecular weight excluding hydrogens is 533 g/mol. The van der Waals surface area contributed by atoms with Crippen molar-refractivity contribution >= 4 is 46.6 Å². The maximum Gasteiger partial charge on any atom is 0.254 e. The van der Waals surface area contributed by atoms with E-state index in [0.717, 1.165) is 71.0 Å². The molecule has 9 nitrogen and oxygen atoms in total. The number of carbonyl (C=O) groups excluding carboxylic acids is 2. The molecule has 1 aromatic heterocycles. The first-order chi connectivity index (χ1) is 19.3. The number of aromatic nitrogens is 2. The third-order valence-corrected chi connectivity index (χ3v) is 9.46. The average molecular weight is 570 g/mol. The summed E-state index contributed by atoms with van der Waals surface area (Å²) in [6.45, 7) is 5.59. The van der Waals surface area contributed by atoms with Crippen molar-refractivity contribution in [2.75, 3.05) is 48.3 Å². The van der Waals surface area contributed by atoms with Crippen LogP contribution in [0.4, 0.5) is 27.5 Å². The average Bonchev–Trinajstić information content (AvgIpc) is 3.56. The van der Waals surface area contributed by atoms with Gasteiger partial charge < -0.3 is 25.3 Å². The lowest BCUT2D eigenvalue weighted by Crippen LogP contribution is -2.44. The number of piperidine rings is 1. The van der Waals surface area contributed by atoms with E-state index < -0.39 is 11.7 Å². The number of benzene rings is 1. The second kappa shape index (κ2) is 10.8.